The van der Waals surface area contributed by atoms with Crippen LogP contribution in [0.2, 0.25) is 5.02 Å². The van der Waals surface area contributed by atoms with Crippen LogP contribution in [0.4, 0.5) is 0 Å². The third-order valence-corrected chi connectivity index (χ3v) is 3.50. The van der Waals surface area contributed by atoms with Crippen LogP contribution in [0.5, 0.6) is 0 Å². The summed E-state index contributed by atoms with van der Waals surface area (Å²) in [7, 11) is 1.32. The smallest absolute Gasteiger partial charge is 0.337 e. The molecule has 2 aromatic carbocycles. The number of rotatable bonds is 4. The Morgan fingerprint density at radius 2 is 1.73 bits per heavy atom. The summed E-state index contributed by atoms with van der Waals surface area (Å²) in [5.74, 6) is -0.650. The van der Waals surface area contributed by atoms with Crippen molar-refractivity contribution in [3.05, 3.63) is 70.2 Å². The molecule has 0 saturated carbocycles. The Morgan fingerprint density at radius 1 is 1.09 bits per heavy atom. The number of amides is 1. The summed E-state index contributed by atoms with van der Waals surface area (Å²) in [5, 5.41) is 3.51. The molecule has 4 nitrogen and oxygen atoms in total. The molecule has 0 heterocycles. The number of benzene rings is 2. The van der Waals surface area contributed by atoms with E-state index in [9.17, 15) is 9.59 Å². The Labute approximate surface area is 134 Å². The molecule has 0 aliphatic rings. The topological polar surface area (TPSA) is 55.4 Å². The fraction of sp³-hybridized carbons (Fsp3) is 0.176. The largest absolute Gasteiger partial charge is 0.465 e. The Hall–Kier alpha value is -2.33. The molecule has 1 amide bonds. The van der Waals surface area contributed by atoms with Crippen LogP contribution in [0.15, 0.2) is 48.5 Å². The van der Waals surface area contributed by atoms with Gasteiger partial charge in [0.2, 0.25) is 0 Å². The van der Waals surface area contributed by atoms with Gasteiger partial charge in [0.05, 0.1) is 18.7 Å². The lowest BCUT2D eigenvalue weighted by molar-refractivity contribution is 0.0600. The van der Waals surface area contributed by atoms with Crippen LogP contribution in [-0.2, 0) is 4.74 Å². The maximum Gasteiger partial charge on any atom is 0.337 e. The first-order chi connectivity index (χ1) is 10.5. The maximum atomic E-state index is 12.2. The molecule has 5 heteroatoms. The van der Waals surface area contributed by atoms with Gasteiger partial charge in [-0.05, 0) is 48.9 Å². The van der Waals surface area contributed by atoms with Crippen molar-refractivity contribution in [2.75, 3.05) is 7.11 Å². The number of carbonyl (C=O) groups excluding carboxylic acids is 2. The number of nitrogens with one attached hydrogen (secondary N) is 1. The van der Waals surface area contributed by atoms with Gasteiger partial charge in [0.1, 0.15) is 0 Å². The van der Waals surface area contributed by atoms with Gasteiger partial charge in [-0.1, -0.05) is 23.7 Å². The van der Waals surface area contributed by atoms with E-state index in [0.717, 1.165) is 5.56 Å². The Bertz CT molecular complexity index is 683. The van der Waals surface area contributed by atoms with Gasteiger partial charge >= 0.3 is 5.97 Å². The number of carbonyl (C=O) groups is 2. The minimum atomic E-state index is -0.431. The molecule has 1 N–H and O–H groups in total. The van der Waals surface area contributed by atoms with Crippen molar-refractivity contribution in [3.63, 3.8) is 0 Å². The number of ether oxygens (including phenoxy) is 1. The molecular formula is C17H16ClNO3. The lowest BCUT2D eigenvalue weighted by atomic mass is 10.1. The normalized spacial score (nSPS) is 11.6. The number of methoxy groups -OCH3 is 1. The van der Waals surface area contributed by atoms with E-state index in [4.69, 9.17) is 11.6 Å². The number of esters is 1. The van der Waals surface area contributed by atoms with Crippen LogP contribution in [0.25, 0.3) is 0 Å². The molecule has 0 aliphatic heterocycles. The molecule has 114 valence electrons. The minimum Gasteiger partial charge on any atom is -0.465 e. The molecule has 0 spiro atoms. The Balaban J connectivity index is 2.07. The van der Waals surface area contributed by atoms with Gasteiger partial charge in [-0.15, -0.1) is 0 Å². The van der Waals surface area contributed by atoms with Crippen LogP contribution in [0.3, 0.4) is 0 Å². The van der Waals surface area contributed by atoms with E-state index in [0.29, 0.717) is 16.1 Å². The first kappa shape index (κ1) is 16.0. The molecule has 22 heavy (non-hydrogen) atoms. The molecule has 0 fully saturated rings. The highest BCUT2D eigenvalue weighted by Gasteiger charge is 2.13. The quantitative estimate of drug-likeness (QED) is 0.876. The van der Waals surface area contributed by atoms with Crippen molar-refractivity contribution < 1.29 is 14.3 Å². The number of halogens is 1. The summed E-state index contributed by atoms with van der Waals surface area (Å²) < 4.78 is 4.62. The van der Waals surface area contributed by atoms with Crippen molar-refractivity contribution in [2.45, 2.75) is 13.0 Å². The third-order valence-electron chi connectivity index (χ3n) is 3.26. The predicted octanol–water partition coefficient (Wildman–Crippen LogP) is 3.62. The van der Waals surface area contributed by atoms with Crippen molar-refractivity contribution in [1.29, 1.82) is 0 Å². The fourth-order valence-corrected chi connectivity index (χ4v) is 2.21. The van der Waals surface area contributed by atoms with Crippen molar-refractivity contribution in [1.82, 2.24) is 5.32 Å². The zero-order chi connectivity index (χ0) is 16.1. The summed E-state index contributed by atoms with van der Waals surface area (Å²) in [5.41, 5.74) is 1.80. The van der Waals surface area contributed by atoms with Crippen molar-refractivity contribution in [3.8, 4) is 0 Å². The zero-order valence-electron chi connectivity index (χ0n) is 12.3. The zero-order valence-corrected chi connectivity index (χ0v) is 13.1. The summed E-state index contributed by atoms with van der Waals surface area (Å²) in [4.78, 5) is 23.6. The molecule has 0 aliphatic carbocycles. The molecule has 0 bridgehead atoms. The van der Waals surface area contributed by atoms with Gasteiger partial charge in [-0.25, -0.2) is 4.79 Å². The van der Waals surface area contributed by atoms with Crippen LogP contribution < -0.4 is 5.32 Å². The minimum absolute atomic E-state index is 0.175. The lowest BCUT2D eigenvalue weighted by Crippen LogP contribution is -2.26. The molecule has 0 radical (unpaired) electrons. The van der Waals surface area contributed by atoms with Gasteiger partial charge in [0, 0.05) is 10.6 Å². The molecule has 2 rings (SSSR count). The second-order valence-corrected chi connectivity index (χ2v) is 5.26. The van der Waals surface area contributed by atoms with E-state index in [-0.39, 0.29) is 11.9 Å². The van der Waals surface area contributed by atoms with E-state index >= 15 is 0 Å². The van der Waals surface area contributed by atoms with Crippen LogP contribution in [0.1, 0.15) is 39.2 Å². The highest BCUT2D eigenvalue weighted by molar-refractivity contribution is 6.30. The fourth-order valence-electron chi connectivity index (χ4n) is 2.01. The van der Waals surface area contributed by atoms with Crippen LogP contribution in [0, 0.1) is 0 Å². The Kier molecular flexibility index (Phi) is 5.17. The van der Waals surface area contributed by atoms with E-state index < -0.39 is 5.97 Å². The van der Waals surface area contributed by atoms with Gasteiger partial charge in [0.15, 0.2) is 0 Å². The maximum absolute atomic E-state index is 12.2. The Morgan fingerprint density at radius 3 is 2.32 bits per heavy atom. The van der Waals surface area contributed by atoms with Crippen LogP contribution in [-0.4, -0.2) is 19.0 Å². The molecule has 2 aromatic rings. The summed E-state index contributed by atoms with van der Waals surface area (Å²) in [6, 6.07) is 13.5. The van der Waals surface area contributed by atoms with Gasteiger partial charge in [-0.3, -0.25) is 4.79 Å². The summed E-state index contributed by atoms with van der Waals surface area (Å²) in [6.07, 6.45) is 0. The molecule has 0 unspecified atom stereocenters. The first-order valence-corrected chi connectivity index (χ1v) is 7.14. The lowest BCUT2D eigenvalue weighted by Gasteiger charge is -2.14. The average molecular weight is 318 g/mol. The van der Waals surface area contributed by atoms with Gasteiger partial charge in [-0.2, -0.15) is 0 Å². The van der Waals surface area contributed by atoms with Crippen molar-refractivity contribution >= 4 is 23.5 Å². The molecule has 0 saturated heterocycles. The van der Waals surface area contributed by atoms with Crippen LogP contribution >= 0.6 is 11.6 Å². The second kappa shape index (κ2) is 7.09. The first-order valence-electron chi connectivity index (χ1n) is 6.76. The van der Waals surface area contributed by atoms with Crippen molar-refractivity contribution in [2.24, 2.45) is 0 Å². The monoisotopic (exact) mass is 317 g/mol. The second-order valence-electron chi connectivity index (χ2n) is 4.82. The summed E-state index contributed by atoms with van der Waals surface area (Å²) in [6.45, 7) is 1.88. The average Bonchev–Trinajstić information content (AvgIpc) is 2.54. The standard InChI is InChI=1S/C17H16ClNO3/c1-11(14-4-3-5-15(18)10-14)19-16(20)12-6-8-13(9-7-12)17(21)22-2/h3-11H,1-2H3,(H,19,20)/t11-/m0/s1. The van der Waals surface area contributed by atoms with E-state index in [2.05, 4.69) is 10.1 Å². The highest BCUT2D eigenvalue weighted by atomic mass is 35.5. The molecule has 1 atom stereocenters. The third kappa shape index (κ3) is 3.86. The number of hydrogen-bond donors (Lipinski definition) is 1. The van der Waals surface area contributed by atoms with E-state index in [1.54, 1.807) is 30.3 Å². The van der Waals surface area contributed by atoms with Gasteiger partial charge < -0.3 is 10.1 Å². The SMILES string of the molecule is COC(=O)c1ccc(C(=O)N[C@@H](C)c2cccc(Cl)c2)cc1. The predicted molar refractivity (Wildman–Crippen MR) is 85.1 cm³/mol. The molecule has 0 aromatic heterocycles. The van der Waals surface area contributed by atoms with Gasteiger partial charge in [0.25, 0.3) is 5.91 Å². The van der Waals surface area contributed by atoms with E-state index in [1.807, 2.05) is 25.1 Å². The highest BCUT2D eigenvalue weighted by Crippen LogP contribution is 2.18. The summed E-state index contributed by atoms with van der Waals surface area (Å²) >= 11 is 5.95. The number of hydrogen-bond acceptors (Lipinski definition) is 3. The van der Waals surface area contributed by atoms with E-state index in [1.165, 1.54) is 7.11 Å². The molecular weight excluding hydrogens is 302 g/mol.